The SMILES string of the molecule is CCN(Cc1cccc(OC)c1F)C1CNC1. The van der Waals surface area contributed by atoms with Gasteiger partial charge in [0.05, 0.1) is 7.11 Å². The summed E-state index contributed by atoms with van der Waals surface area (Å²) in [6.45, 7) is 5.68. The lowest BCUT2D eigenvalue weighted by atomic mass is 10.1. The second-order valence-electron chi connectivity index (χ2n) is 4.31. The lowest BCUT2D eigenvalue weighted by molar-refractivity contribution is 0.143. The molecule has 0 atom stereocenters. The Morgan fingerprint density at radius 3 is 2.76 bits per heavy atom. The van der Waals surface area contributed by atoms with Crippen molar-refractivity contribution in [1.29, 1.82) is 0 Å². The number of methoxy groups -OCH3 is 1. The maximum atomic E-state index is 14.0. The van der Waals surface area contributed by atoms with Crippen molar-refractivity contribution in [1.82, 2.24) is 10.2 Å². The molecule has 0 bridgehead atoms. The summed E-state index contributed by atoms with van der Waals surface area (Å²) in [5.74, 6) is 0.0889. The van der Waals surface area contributed by atoms with E-state index < -0.39 is 0 Å². The number of nitrogens with zero attached hydrogens (tertiary/aromatic N) is 1. The van der Waals surface area contributed by atoms with Crippen LogP contribution in [-0.4, -0.2) is 37.7 Å². The van der Waals surface area contributed by atoms with E-state index in [0.29, 0.717) is 23.9 Å². The van der Waals surface area contributed by atoms with E-state index in [1.807, 2.05) is 12.1 Å². The molecular weight excluding hydrogens is 219 g/mol. The van der Waals surface area contributed by atoms with Gasteiger partial charge in [0.15, 0.2) is 11.6 Å². The molecule has 1 aliphatic rings. The van der Waals surface area contributed by atoms with Crippen LogP contribution >= 0.6 is 0 Å². The minimum absolute atomic E-state index is 0.235. The molecule has 1 aromatic rings. The standard InChI is InChI=1S/C13H19FN2O/c1-3-16(11-7-15-8-11)9-10-5-4-6-12(17-2)13(10)14/h4-6,11,15H,3,7-9H2,1-2H3. The van der Waals surface area contributed by atoms with Crippen molar-refractivity contribution in [3.8, 4) is 5.75 Å². The van der Waals surface area contributed by atoms with Gasteiger partial charge < -0.3 is 10.1 Å². The molecule has 1 aliphatic heterocycles. The summed E-state index contributed by atoms with van der Waals surface area (Å²) in [5.41, 5.74) is 0.707. The first-order valence-electron chi connectivity index (χ1n) is 6.02. The highest BCUT2D eigenvalue weighted by atomic mass is 19.1. The third-order valence-corrected chi connectivity index (χ3v) is 3.32. The number of halogens is 1. The monoisotopic (exact) mass is 238 g/mol. The Hall–Kier alpha value is -1.13. The van der Waals surface area contributed by atoms with Crippen LogP contribution in [0, 0.1) is 5.82 Å². The van der Waals surface area contributed by atoms with Crippen LogP contribution in [0.15, 0.2) is 18.2 Å². The van der Waals surface area contributed by atoms with Crippen LogP contribution in [0.25, 0.3) is 0 Å². The van der Waals surface area contributed by atoms with Gasteiger partial charge in [-0.2, -0.15) is 0 Å². The Balaban J connectivity index is 2.11. The van der Waals surface area contributed by atoms with Crippen LogP contribution in [-0.2, 0) is 6.54 Å². The number of likely N-dealkylation sites (N-methyl/N-ethyl adjacent to an activating group) is 1. The predicted molar refractivity (Wildman–Crippen MR) is 65.7 cm³/mol. The van der Waals surface area contributed by atoms with Gasteiger partial charge in [-0.3, -0.25) is 4.90 Å². The molecule has 2 rings (SSSR count). The zero-order valence-corrected chi connectivity index (χ0v) is 10.4. The van der Waals surface area contributed by atoms with Gasteiger partial charge in [-0.15, -0.1) is 0 Å². The normalized spacial score (nSPS) is 16.0. The van der Waals surface area contributed by atoms with E-state index in [9.17, 15) is 4.39 Å². The van der Waals surface area contributed by atoms with E-state index in [0.717, 1.165) is 19.6 Å². The van der Waals surface area contributed by atoms with Gasteiger partial charge in [0.2, 0.25) is 0 Å². The van der Waals surface area contributed by atoms with Crippen molar-refractivity contribution in [2.24, 2.45) is 0 Å². The molecule has 1 saturated heterocycles. The minimum atomic E-state index is -0.235. The van der Waals surface area contributed by atoms with E-state index in [-0.39, 0.29) is 5.82 Å². The van der Waals surface area contributed by atoms with Gasteiger partial charge in [0.25, 0.3) is 0 Å². The molecule has 17 heavy (non-hydrogen) atoms. The highest BCUT2D eigenvalue weighted by molar-refractivity contribution is 5.31. The Morgan fingerprint density at radius 1 is 1.47 bits per heavy atom. The number of hydrogen-bond donors (Lipinski definition) is 1. The van der Waals surface area contributed by atoms with Gasteiger partial charge in [-0.25, -0.2) is 4.39 Å². The number of benzene rings is 1. The average Bonchev–Trinajstić information content (AvgIpc) is 2.28. The zero-order chi connectivity index (χ0) is 12.3. The second-order valence-corrected chi connectivity index (χ2v) is 4.31. The summed E-state index contributed by atoms with van der Waals surface area (Å²) in [6.07, 6.45) is 0. The van der Waals surface area contributed by atoms with Crippen molar-refractivity contribution < 1.29 is 9.13 Å². The molecule has 1 fully saturated rings. The zero-order valence-electron chi connectivity index (χ0n) is 10.4. The van der Waals surface area contributed by atoms with Crippen molar-refractivity contribution >= 4 is 0 Å². The van der Waals surface area contributed by atoms with Gasteiger partial charge in [0.1, 0.15) is 0 Å². The second kappa shape index (κ2) is 5.47. The van der Waals surface area contributed by atoms with E-state index in [4.69, 9.17) is 4.74 Å². The highest BCUT2D eigenvalue weighted by Crippen LogP contribution is 2.22. The molecule has 0 radical (unpaired) electrons. The summed E-state index contributed by atoms with van der Waals surface area (Å²) < 4.78 is 19.0. The summed E-state index contributed by atoms with van der Waals surface area (Å²) in [4.78, 5) is 2.29. The average molecular weight is 238 g/mol. The first-order chi connectivity index (χ1) is 8.26. The van der Waals surface area contributed by atoms with Gasteiger partial charge in [-0.05, 0) is 12.6 Å². The smallest absolute Gasteiger partial charge is 0.169 e. The quantitative estimate of drug-likeness (QED) is 0.843. The van der Waals surface area contributed by atoms with Crippen molar-refractivity contribution in [3.05, 3.63) is 29.6 Å². The van der Waals surface area contributed by atoms with Crippen LogP contribution in [0.5, 0.6) is 5.75 Å². The van der Waals surface area contributed by atoms with Crippen molar-refractivity contribution in [2.75, 3.05) is 26.7 Å². The largest absolute Gasteiger partial charge is 0.494 e. The number of ether oxygens (including phenoxy) is 1. The summed E-state index contributed by atoms with van der Waals surface area (Å²) in [5, 5.41) is 3.24. The van der Waals surface area contributed by atoms with Crippen molar-refractivity contribution in [3.63, 3.8) is 0 Å². The van der Waals surface area contributed by atoms with Crippen LogP contribution in [0.1, 0.15) is 12.5 Å². The Labute approximate surface area is 102 Å². The topological polar surface area (TPSA) is 24.5 Å². The number of nitrogens with one attached hydrogen (secondary N) is 1. The molecule has 0 unspecified atom stereocenters. The van der Waals surface area contributed by atoms with Crippen LogP contribution < -0.4 is 10.1 Å². The molecule has 0 aliphatic carbocycles. The molecule has 0 saturated carbocycles. The van der Waals surface area contributed by atoms with Gasteiger partial charge in [-0.1, -0.05) is 19.1 Å². The fourth-order valence-electron chi connectivity index (χ4n) is 2.09. The van der Waals surface area contributed by atoms with Crippen LogP contribution in [0.3, 0.4) is 0 Å². The van der Waals surface area contributed by atoms with E-state index in [2.05, 4.69) is 17.1 Å². The first kappa shape index (κ1) is 12.3. The summed E-state index contributed by atoms with van der Waals surface area (Å²) in [6, 6.07) is 5.85. The minimum Gasteiger partial charge on any atom is -0.494 e. The number of rotatable bonds is 5. The maximum absolute atomic E-state index is 14.0. The lowest BCUT2D eigenvalue weighted by Crippen LogP contribution is -2.56. The molecule has 1 heterocycles. The fraction of sp³-hybridized carbons (Fsp3) is 0.538. The molecule has 0 amide bonds. The van der Waals surface area contributed by atoms with E-state index in [1.165, 1.54) is 7.11 Å². The third kappa shape index (κ3) is 2.58. The number of hydrogen-bond acceptors (Lipinski definition) is 3. The molecule has 4 heteroatoms. The van der Waals surface area contributed by atoms with Crippen LogP contribution in [0.4, 0.5) is 4.39 Å². The Morgan fingerprint density at radius 2 is 2.24 bits per heavy atom. The van der Waals surface area contributed by atoms with Gasteiger partial charge in [0, 0.05) is 31.2 Å². The molecule has 94 valence electrons. The molecule has 3 nitrogen and oxygen atoms in total. The molecule has 0 spiro atoms. The van der Waals surface area contributed by atoms with Crippen molar-refractivity contribution in [2.45, 2.75) is 19.5 Å². The maximum Gasteiger partial charge on any atom is 0.169 e. The Bertz CT molecular complexity index is 380. The van der Waals surface area contributed by atoms with E-state index in [1.54, 1.807) is 6.07 Å². The molecule has 1 N–H and O–H groups in total. The fourth-order valence-corrected chi connectivity index (χ4v) is 2.09. The molecule has 0 aromatic heterocycles. The molecule has 1 aromatic carbocycles. The molecular formula is C13H19FN2O. The Kier molecular flexibility index (Phi) is 3.97. The summed E-state index contributed by atoms with van der Waals surface area (Å²) >= 11 is 0. The third-order valence-electron chi connectivity index (χ3n) is 3.32. The lowest BCUT2D eigenvalue weighted by Gasteiger charge is -2.37. The highest BCUT2D eigenvalue weighted by Gasteiger charge is 2.24. The van der Waals surface area contributed by atoms with Gasteiger partial charge >= 0.3 is 0 Å². The first-order valence-corrected chi connectivity index (χ1v) is 6.02. The summed E-state index contributed by atoms with van der Waals surface area (Å²) in [7, 11) is 1.50. The predicted octanol–water partition coefficient (Wildman–Crippen LogP) is 1.63. The van der Waals surface area contributed by atoms with E-state index >= 15 is 0 Å². The van der Waals surface area contributed by atoms with Crippen LogP contribution in [0.2, 0.25) is 0 Å².